The number of amides is 1. The molecule has 0 spiro atoms. The molecule has 122 valence electrons. The maximum Gasteiger partial charge on any atom is 0.315 e. The van der Waals surface area contributed by atoms with E-state index in [1.54, 1.807) is 55.1 Å². The van der Waals surface area contributed by atoms with Crippen LogP contribution in [0.2, 0.25) is 5.02 Å². The van der Waals surface area contributed by atoms with Crippen LogP contribution in [0.5, 0.6) is 0 Å². The van der Waals surface area contributed by atoms with Gasteiger partial charge in [-0.15, -0.1) is 0 Å². The smallest absolute Gasteiger partial charge is 0.315 e. The normalized spacial score (nSPS) is 13.3. The third-order valence-corrected chi connectivity index (χ3v) is 4.30. The number of carboxylic acid groups (broad SMARTS) is 1. The van der Waals surface area contributed by atoms with Gasteiger partial charge in [-0.2, -0.15) is 0 Å². The Labute approximate surface area is 139 Å². The average molecular weight is 335 g/mol. The summed E-state index contributed by atoms with van der Waals surface area (Å²) < 4.78 is 1.61. The van der Waals surface area contributed by atoms with Crippen LogP contribution in [0.4, 0.5) is 0 Å². The third kappa shape index (κ3) is 3.40. The molecule has 0 fully saturated rings. The zero-order chi connectivity index (χ0) is 17.0. The first kappa shape index (κ1) is 17.1. The molecule has 1 unspecified atom stereocenters. The molecule has 0 saturated heterocycles. The first-order chi connectivity index (χ1) is 10.9. The van der Waals surface area contributed by atoms with Crippen molar-refractivity contribution in [3.05, 3.63) is 58.9 Å². The number of carboxylic acids is 1. The Balaban J connectivity index is 2.24. The summed E-state index contributed by atoms with van der Waals surface area (Å²) in [4.78, 5) is 24.2. The summed E-state index contributed by atoms with van der Waals surface area (Å²) in [7, 11) is 1.71. The first-order valence-corrected chi connectivity index (χ1v) is 7.67. The van der Waals surface area contributed by atoms with Crippen molar-refractivity contribution in [3.63, 3.8) is 0 Å². The monoisotopic (exact) mass is 334 g/mol. The van der Waals surface area contributed by atoms with E-state index in [-0.39, 0.29) is 12.5 Å². The summed E-state index contributed by atoms with van der Waals surface area (Å²) in [5.41, 5.74) is -0.107. The second-order valence-electron chi connectivity index (χ2n) is 5.44. The minimum atomic E-state index is -1.16. The molecular formula is C17H19ClN2O3. The number of carbonyl (C=O) groups is 2. The van der Waals surface area contributed by atoms with Crippen molar-refractivity contribution in [2.45, 2.75) is 18.8 Å². The van der Waals surface area contributed by atoms with Gasteiger partial charge in [0.15, 0.2) is 0 Å². The molecule has 0 radical (unpaired) electrons. The van der Waals surface area contributed by atoms with E-state index < -0.39 is 11.4 Å². The first-order valence-electron chi connectivity index (χ1n) is 7.29. The Kier molecular flexibility index (Phi) is 5.11. The van der Waals surface area contributed by atoms with Crippen molar-refractivity contribution in [1.29, 1.82) is 0 Å². The van der Waals surface area contributed by atoms with Crippen LogP contribution < -0.4 is 5.32 Å². The van der Waals surface area contributed by atoms with E-state index in [1.807, 2.05) is 6.07 Å². The lowest BCUT2D eigenvalue weighted by molar-refractivity contribution is -0.143. The summed E-state index contributed by atoms with van der Waals surface area (Å²) in [6, 6.07) is 10.5. The van der Waals surface area contributed by atoms with Crippen LogP contribution in [-0.4, -0.2) is 28.1 Å². The van der Waals surface area contributed by atoms with E-state index in [9.17, 15) is 14.7 Å². The molecule has 2 aromatic rings. The number of carbonyl (C=O) groups excluding carboxylic acids is 1. The van der Waals surface area contributed by atoms with Crippen molar-refractivity contribution in [3.8, 4) is 0 Å². The molecule has 0 aliphatic carbocycles. The summed E-state index contributed by atoms with van der Waals surface area (Å²) in [6.07, 6.45) is 1.98. The van der Waals surface area contributed by atoms with Crippen LogP contribution in [0.25, 0.3) is 0 Å². The van der Waals surface area contributed by atoms with Gasteiger partial charge in [0.2, 0.25) is 0 Å². The van der Waals surface area contributed by atoms with E-state index in [0.29, 0.717) is 22.7 Å². The number of nitrogens with one attached hydrogen (secondary N) is 1. The van der Waals surface area contributed by atoms with E-state index in [4.69, 9.17) is 11.6 Å². The molecule has 6 heteroatoms. The molecule has 5 nitrogen and oxygen atoms in total. The van der Waals surface area contributed by atoms with Crippen LogP contribution >= 0.6 is 11.6 Å². The molecule has 0 bridgehead atoms. The maximum absolute atomic E-state index is 12.3. The van der Waals surface area contributed by atoms with E-state index in [2.05, 4.69) is 5.32 Å². The number of nitrogens with zero attached hydrogens (tertiary/aromatic N) is 1. The topological polar surface area (TPSA) is 71.3 Å². The van der Waals surface area contributed by atoms with Gasteiger partial charge in [-0.1, -0.05) is 48.9 Å². The average Bonchev–Trinajstić information content (AvgIpc) is 2.87. The molecule has 1 aromatic carbocycles. The number of aliphatic carboxylic acids is 1. The quantitative estimate of drug-likeness (QED) is 0.853. The van der Waals surface area contributed by atoms with Crippen LogP contribution in [0.15, 0.2) is 42.6 Å². The Morgan fingerprint density at radius 3 is 2.43 bits per heavy atom. The standard InChI is InChI=1S/C17H19ClN2O3/c1-3-17(16(22)23,12-7-5-4-6-8-12)11-19-15(21)14-9-13(18)10-20(14)2/h4-10H,3,11H2,1-2H3,(H,19,21)(H,22,23). The largest absolute Gasteiger partial charge is 0.481 e. The Hall–Kier alpha value is -2.27. The fraction of sp³-hybridized carbons (Fsp3) is 0.294. The van der Waals surface area contributed by atoms with Crippen molar-refractivity contribution < 1.29 is 14.7 Å². The zero-order valence-electron chi connectivity index (χ0n) is 13.0. The van der Waals surface area contributed by atoms with Gasteiger partial charge in [0.1, 0.15) is 11.1 Å². The van der Waals surface area contributed by atoms with Crippen LogP contribution in [0, 0.1) is 0 Å². The molecule has 2 rings (SSSR count). The van der Waals surface area contributed by atoms with Gasteiger partial charge >= 0.3 is 5.97 Å². The predicted molar refractivity (Wildman–Crippen MR) is 88.8 cm³/mol. The lowest BCUT2D eigenvalue weighted by Crippen LogP contribution is -2.46. The van der Waals surface area contributed by atoms with Gasteiger partial charge in [-0.05, 0) is 18.1 Å². The molecule has 1 heterocycles. The Bertz CT molecular complexity index is 712. The highest BCUT2D eigenvalue weighted by Gasteiger charge is 2.39. The fourth-order valence-corrected chi connectivity index (χ4v) is 2.86. The minimum absolute atomic E-state index is 0.00444. The SMILES string of the molecule is CCC(CNC(=O)c1cc(Cl)cn1C)(C(=O)O)c1ccccc1. The minimum Gasteiger partial charge on any atom is -0.481 e. The number of hydrogen-bond acceptors (Lipinski definition) is 2. The summed E-state index contributed by atoms with van der Waals surface area (Å²) in [5, 5.41) is 12.9. The highest BCUT2D eigenvalue weighted by atomic mass is 35.5. The molecule has 0 aliphatic rings. The van der Waals surface area contributed by atoms with Crippen LogP contribution in [0.3, 0.4) is 0 Å². The van der Waals surface area contributed by atoms with Crippen LogP contribution in [0.1, 0.15) is 29.4 Å². The van der Waals surface area contributed by atoms with E-state index in [0.717, 1.165) is 0 Å². The molecule has 1 atom stereocenters. The Morgan fingerprint density at radius 1 is 1.30 bits per heavy atom. The van der Waals surface area contributed by atoms with Crippen molar-refractivity contribution >= 4 is 23.5 Å². The van der Waals surface area contributed by atoms with E-state index in [1.165, 1.54) is 0 Å². The number of aromatic nitrogens is 1. The lowest BCUT2D eigenvalue weighted by atomic mass is 9.78. The Morgan fingerprint density at radius 2 is 1.96 bits per heavy atom. The number of halogens is 1. The van der Waals surface area contributed by atoms with Crippen LogP contribution in [-0.2, 0) is 17.3 Å². The van der Waals surface area contributed by atoms with Crippen molar-refractivity contribution in [1.82, 2.24) is 9.88 Å². The molecule has 0 saturated carbocycles. The summed E-state index contributed by atoms with van der Waals surface area (Å²) in [5.74, 6) is -1.31. The second-order valence-corrected chi connectivity index (χ2v) is 5.88. The molecule has 1 amide bonds. The lowest BCUT2D eigenvalue weighted by Gasteiger charge is -2.29. The van der Waals surface area contributed by atoms with Crippen molar-refractivity contribution in [2.24, 2.45) is 7.05 Å². The molecule has 1 aromatic heterocycles. The second kappa shape index (κ2) is 6.87. The van der Waals surface area contributed by atoms with Gasteiger partial charge < -0.3 is 15.0 Å². The molecular weight excluding hydrogens is 316 g/mol. The molecule has 0 aliphatic heterocycles. The van der Waals surface area contributed by atoms with Gasteiger partial charge in [-0.3, -0.25) is 9.59 Å². The van der Waals surface area contributed by atoms with Crippen molar-refractivity contribution in [2.75, 3.05) is 6.54 Å². The van der Waals surface area contributed by atoms with Gasteiger partial charge in [0.25, 0.3) is 5.91 Å². The van der Waals surface area contributed by atoms with Gasteiger partial charge in [0, 0.05) is 19.8 Å². The summed E-state index contributed by atoms with van der Waals surface area (Å²) >= 11 is 5.88. The zero-order valence-corrected chi connectivity index (χ0v) is 13.8. The van der Waals surface area contributed by atoms with E-state index >= 15 is 0 Å². The highest BCUT2D eigenvalue weighted by Crippen LogP contribution is 2.28. The maximum atomic E-state index is 12.3. The number of aryl methyl sites for hydroxylation is 1. The number of rotatable bonds is 6. The predicted octanol–water partition coefficient (Wildman–Crippen LogP) is 2.84. The highest BCUT2D eigenvalue weighted by molar-refractivity contribution is 6.31. The van der Waals surface area contributed by atoms with Gasteiger partial charge in [-0.25, -0.2) is 0 Å². The molecule has 23 heavy (non-hydrogen) atoms. The summed E-state index contributed by atoms with van der Waals surface area (Å²) in [6.45, 7) is 1.80. The number of benzene rings is 1. The molecule has 2 N–H and O–H groups in total. The fourth-order valence-electron chi connectivity index (χ4n) is 2.61. The third-order valence-electron chi connectivity index (χ3n) is 4.09. The number of hydrogen-bond donors (Lipinski definition) is 2. The van der Waals surface area contributed by atoms with Gasteiger partial charge in [0.05, 0.1) is 5.02 Å².